The summed E-state index contributed by atoms with van der Waals surface area (Å²) in [5, 5.41) is 7.50. The van der Waals surface area contributed by atoms with Crippen LogP contribution in [0, 0.1) is 5.92 Å². The summed E-state index contributed by atoms with van der Waals surface area (Å²) in [4.78, 5) is 17.3. The van der Waals surface area contributed by atoms with Gasteiger partial charge >= 0.3 is 6.03 Å². The fourth-order valence-corrected chi connectivity index (χ4v) is 4.60. The maximum atomic E-state index is 12.7. The van der Waals surface area contributed by atoms with Gasteiger partial charge in [0.25, 0.3) is 0 Å². The molecular weight excluding hydrogens is 362 g/mol. The van der Waals surface area contributed by atoms with E-state index in [-0.39, 0.29) is 12.1 Å². The van der Waals surface area contributed by atoms with Gasteiger partial charge in [-0.1, -0.05) is 30.3 Å². The highest BCUT2D eigenvalue weighted by Crippen LogP contribution is 2.20. The summed E-state index contributed by atoms with van der Waals surface area (Å²) in [6.45, 7) is 5.86. The summed E-state index contributed by atoms with van der Waals surface area (Å²) in [5.41, 5.74) is 1.41. The molecule has 0 radical (unpaired) electrons. The number of hydrogen-bond acceptors (Lipinski definition) is 3. The molecule has 156 valence electrons. The lowest BCUT2D eigenvalue weighted by Crippen LogP contribution is -2.46. The molecule has 1 atom stereocenters. The van der Waals surface area contributed by atoms with Crippen LogP contribution in [0.1, 0.15) is 31.2 Å². The van der Waals surface area contributed by atoms with Gasteiger partial charge in [0, 0.05) is 32.0 Å². The average Bonchev–Trinajstić information content (AvgIpc) is 3.45. The predicted molar refractivity (Wildman–Crippen MR) is 115 cm³/mol. The molecule has 6 nitrogen and oxygen atoms in total. The second-order valence-corrected chi connectivity index (χ2v) is 8.42. The van der Waals surface area contributed by atoms with Crippen molar-refractivity contribution < 1.29 is 4.79 Å². The maximum absolute atomic E-state index is 12.7. The summed E-state index contributed by atoms with van der Waals surface area (Å²) in [7, 11) is 0. The molecule has 6 heteroatoms. The zero-order valence-electron chi connectivity index (χ0n) is 17.2. The van der Waals surface area contributed by atoms with Crippen molar-refractivity contribution in [1.82, 2.24) is 24.9 Å². The summed E-state index contributed by atoms with van der Waals surface area (Å²) in [6.07, 6.45) is 9.38. The van der Waals surface area contributed by atoms with Gasteiger partial charge in [-0.2, -0.15) is 5.10 Å². The number of aromatic nitrogens is 2. The highest BCUT2D eigenvalue weighted by molar-refractivity contribution is 5.74. The van der Waals surface area contributed by atoms with Gasteiger partial charge in [0.05, 0.1) is 12.6 Å². The van der Waals surface area contributed by atoms with E-state index in [1.807, 2.05) is 21.8 Å². The molecule has 2 aromatic rings. The Bertz CT molecular complexity index is 740. The van der Waals surface area contributed by atoms with Gasteiger partial charge < -0.3 is 15.1 Å². The van der Waals surface area contributed by atoms with Crippen molar-refractivity contribution in [2.75, 3.05) is 32.7 Å². The molecule has 2 aliphatic rings. The number of nitrogens with one attached hydrogen (secondary N) is 1. The molecule has 3 heterocycles. The minimum atomic E-state index is 0.103. The quantitative estimate of drug-likeness (QED) is 0.784. The highest BCUT2D eigenvalue weighted by atomic mass is 16.2. The van der Waals surface area contributed by atoms with Crippen LogP contribution in [0.15, 0.2) is 48.8 Å². The zero-order chi connectivity index (χ0) is 19.9. The number of amides is 2. The van der Waals surface area contributed by atoms with Gasteiger partial charge in [-0.3, -0.25) is 4.68 Å². The summed E-state index contributed by atoms with van der Waals surface area (Å²) in [6, 6.07) is 13.0. The topological polar surface area (TPSA) is 53.4 Å². The standard InChI is InChI=1S/C23H33N5O/c29-23(28-14-4-8-22(28)19-27-13-5-12-25-27)24-18-21-10-16-26(17-11-21)15-9-20-6-2-1-3-7-20/h1-3,5-7,12-13,21-22H,4,8-11,14-19H2,(H,24,29). The lowest BCUT2D eigenvalue weighted by Gasteiger charge is -2.32. The Balaban J connectivity index is 1.16. The molecular formula is C23H33N5O. The smallest absolute Gasteiger partial charge is 0.317 e. The van der Waals surface area contributed by atoms with E-state index in [1.54, 1.807) is 6.20 Å². The first-order valence-corrected chi connectivity index (χ1v) is 11.1. The third-order valence-electron chi connectivity index (χ3n) is 6.40. The van der Waals surface area contributed by atoms with E-state index in [2.05, 4.69) is 45.6 Å². The van der Waals surface area contributed by atoms with Crippen molar-refractivity contribution in [2.45, 2.75) is 44.7 Å². The van der Waals surface area contributed by atoms with Gasteiger partial charge in [0.1, 0.15) is 0 Å². The summed E-state index contributed by atoms with van der Waals surface area (Å²) in [5.74, 6) is 0.596. The lowest BCUT2D eigenvalue weighted by molar-refractivity contribution is 0.168. The Hall–Kier alpha value is -2.34. The molecule has 29 heavy (non-hydrogen) atoms. The van der Waals surface area contributed by atoms with E-state index < -0.39 is 0 Å². The number of hydrogen-bond donors (Lipinski definition) is 1. The molecule has 0 bridgehead atoms. The monoisotopic (exact) mass is 395 g/mol. The average molecular weight is 396 g/mol. The first-order valence-electron chi connectivity index (χ1n) is 11.1. The van der Waals surface area contributed by atoms with Crippen LogP contribution in [-0.4, -0.2) is 64.4 Å². The van der Waals surface area contributed by atoms with Crippen molar-refractivity contribution in [3.8, 4) is 0 Å². The van der Waals surface area contributed by atoms with E-state index in [4.69, 9.17) is 0 Å². The predicted octanol–water partition coefficient (Wildman–Crippen LogP) is 3.01. The number of urea groups is 1. The van der Waals surface area contributed by atoms with Gasteiger partial charge in [-0.15, -0.1) is 0 Å². The van der Waals surface area contributed by atoms with Crippen LogP contribution in [0.3, 0.4) is 0 Å². The van der Waals surface area contributed by atoms with Gasteiger partial charge in [0.15, 0.2) is 0 Å². The van der Waals surface area contributed by atoms with Crippen molar-refractivity contribution >= 4 is 6.03 Å². The van der Waals surface area contributed by atoms with E-state index in [9.17, 15) is 4.79 Å². The molecule has 1 aromatic heterocycles. The van der Waals surface area contributed by atoms with Crippen LogP contribution < -0.4 is 5.32 Å². The number of carbonyl (C=O) groups excluding carboxylic acids is 1. The Morgan fingerprint density at radius 2 is 1.90 bits per heavy atom. The Morgan fingerprint density at radius 3 is 2.66 bits per heavy atom. The highest BCUT2D eigenvalue weighted by Gasteiger charge is 2.29. The fraction of sp³-hybridized carbons (Fsp3) is 0.565. The number of rotatable bonds is 7. The molecule has 2 saturated heterocycles. The molecule has 1 unspecified atom stereocenters. The van der Waals surface area contributed by atoms with Crippen LogP contribution in [-0.2, 0) is 13.0 Å². The first kappa shape index (κ1) is 20.0. The Morgan fingerprint density at radius 1 is 1.07 bits per heavy atom. The number of piperidine rings is 1. The minimum Gasteiger partial charge on any atom is -0.338 e. The van der Waals surface area contributed by atoms with E-state index in [0.717, 1.165) is 58.5 Å². The Labute approximate surface area is 173 Å². The minimum absolute atomic E-state index is 0.103. The molecule has 0 aliphatic carbocycles. The second kappa shape index (κ2) is 9.92. The number of carbonyl (C=O) groups is 1. The van der Waals surface area contributed by atoms with E-state index in [0.29, 0.717) is 5.92 Å². The number of likely N-dealkylation sites (tertiary alicyclic amines) is 2. The normalized spacial score (nSPS) is 20.8. The van der Waals surface area contributed by atoms with Crippen LogP contribution in [0.5, 0.6) is 0 Å². The second-order valence-electron chi connectivity index (χ2n) is 8.42. The van der Waals surface area contributed by atoms with Gasteiger partial charge in [0.2, 0.25) is 0 Å². The van der Waals surface area contributed by atoms with Crippen LogP contribution in [0.4, 0.5) is 4.79 Å². The number of nitrogens with zero attached hydrogens (tertiary/aromatic N) is 4. The third kappa shape index (κ3) is 5.60. The van der Waals surface area contributed by atoms with Gasteiger partial charge in [-0.05, 0) is 62.7 Å². The molecule has 2 fully saturated rings. The SMILES string of the molecule is O=C(NCC1CCN(CCc2ccccc2)CC1)N1CCCC1Cn1cccn1. The summed E-state index contributed by atoms with van der Waals surface area (Å²) >= 11 is 0. The largest absolute Gasteiger partial charge is 0.338 e. The first-order chi connectivity index (χ1) is 14.3. The Kier molecular flexibility index (Phi) is 6.83. The molecule has 2 aliphatic heterocycles. The van der Waals surface area contributed by atoms with Crippen molar-refractivity contribution in [1.29, 1.82) is 0 Å². The zero-order valence-corrected chi connectivity index (χ0v) is 17.2. The van der Waals surface area contributed by atoms with Crippen LogP contribution >= 0.6 is 0 Å². The molecule has 0 spiro atoms. The van der Waals surface area contributed by atoms with Crippen LogP contribution in [0.2, 0.25) is 0 Å². The van der Waals surface area contributed by atoms with E-state index >= 15 is 0 Å². The maximum Gasteiger partial charge on any atom is 0.317 e. The van der Waals surface area contributed by atoms with Gasteiger partial charge in [-0.25, -0.2) is 4.79 Å². The molecule has 1 aromatic carbocycles. The molecule has 0 saturated carbocycles. The lowest BCUT2D eigenvalue weighted by atomic mass is 9.96. The van der Waals surface area contributed by atoms with Crippen LogP contribution in [0.25, 0.3) is 0 Å². The molecule has 4 rings (SSSR count). The van der Waals surface area contributed by atoms with Crippen molar-refractivity contribution in [3.63, 3.8) is 0 Å². The summed E-state index contributed by atoms with van der Waals surface area (Å²) < 4.78 is 1.93. The fourth-order valence-electron chi connectivity index (χ4n) is 4.60. The molecule has 1 N–H and O–H groups in total. The van der Waals surface area contributed by atoms with Crippen molar-refractivity contribution in [3.05, 3.63) is 54.4 Å². The third-order valence-corrected chi connectivity index (χ3v) is 6.40. The molecule has 2 amide bonds. The van der Waals surface area contributed by atoms with Crippen molar-refractivity contribution in [2.24, 2.45) is 5.92 Å². The number of benzene rings is 1. The van der Waals surface area contributed by atoms with E-state index in [1.165, 1.54) is 18.4 Å².